The minimum atomic E-state index is -0.0790. The number of carbonyl (C=O) groups excluding carboxylic acids is 1. The lowest BCUT2D eigenvalue weighted by Crippen LogP contribution is -2.12. The van der Waals surface area contributed by atoms with Crippen LogP contribution in [0.3, 0.4) is 0 Å². The minimum absolute atomic E-state index is 0.0671. The van der Waals surface area contributed by atoms with Gasteiger partial charge in [-0.15, -0.1) is 0 Å². The number of carbonyl (C=O) groups is 1. The highest BCUT2D eigenvalue weighted by Gasteiger charge is 2.12. The molecule has 0 fully saturated rings. The molecule has 0 aliphatic carbocycles. The van der Waals surface area contributed by atoms with Crippen molar-refractivity contribution >= 4 is 11.5 Å². The van der Waals surface area contributed by atoms with Gasteiger partial charge in [-0.05, 0) is 12.1 Å². The quantitative estimate of drug-likeness (QED) is 0.711. The van der Waals surface area contributed by atoms with Gasteiger partial charge in [0.1, 0.15) is 12.4 Å². The average Bonchev–Trinajstić information content (AvgIpc) is 2.28. The Hall–Kier alpha value is -1.55. The van der Waals surface area contributed by atoms with Crippen LogP contribution in [0.15, 0.2) is 18.2 Å². The first-order valence-corrected chi connectivity index (χ1v) is 4.97. The summed E-state index contributed by atoms with van der Waals surface area (Å²) in [6.07, 6.45) is 0. The molecular weight excluding hydrogens is 206 g/mol. The lowest BCUT2D eigenvalue weighted by Gasteiger charge is -2.15. The zero-order valence-corrected chi connectivity index (χ0v) is 10.1. The number of Topliss-reactive ketones (excluding diaryl/α,β-unsaturated/α-hetero) is 1. The molecule has 1 rings (SSSR count). The van der Waals surface area contributed by atoms with Gasteiger partial charge in [0.2, 0.25) is 0 Å². The van der Waals surface area contributed by atoms with Gasteiger partial charge >= 0.3 is 0 Å². The first-order valence-electron chi connectivity index (χ1n) is 4.97. The Morgan fingerprint density at radius 2 is 2.00 bits per heavy atom. The molecule has 0 atom stereocenters. The van der Waals surface area contributed by atoms with Gasteiger partial charge in [0.05, 0.1) is 12.7 Å². The molecule has 0 aliphatic heterocycles. The smallest absolute Gasteiger partial charge is 0.192 e. The van der Waals surface area contributed by atoms with Crippen molar-refractivity contribution < 1.29 is 14.3 Å². The largest absolute Gasteiger partial charge is 0.496 e. The highest BCUT2D eigenvalue weighted by atomic mass is 16.5. The van der Waals surface area contributed by atoms with Crippen molar-refractivity contribution in [3.05, 3.63) is 23.8 Å². The molecule has 0 N–H and O–H groups in total. The van der Waals surface area contributed by atoms with E-state index in [-0.39, 0.29) is 12.4 Å². The zero-order valence-electron chi connectivity index (χ0n) is 10.1. The van der Waals surface area contributed by atoms with E-state index in [1.165, 1.54) is 7.11 Å². The van der Waals surface area contributed by atoms with Crippen molar-refractivity contribution in [1.82, 2.24) is 0 Å². The van der Waals surface area contributed by atoms with Crippen LogP contribution in [0.5, 0.6) is 5.75 Å². The number of rotatable bonds is 5. The molecule has 0 radical (unpaired) electrons. The maximum Gasteiger partial charge on any atom is 0.192 e. The fraction of sp³-hybridized carbons (Fsp3) is 0.417. The van der Waals surface area contributed by atoms with Gasteiger partial charge in [0.25, 0.3) is 0 Å². The summed E-state index contributed by atoms with van der Waals surface area (Å²) < 4.78 is 10.0. The van der Waals surface area contributed by atoms with E-state index in [0.717, 1.165) is 5.69 Å². The molecule has 16 heavy (non-hydrogen) atoms. The van der Waals surface area contributed by atoms with Crippen molar-refractivity contribution in [1.29, 1.82) is 0 Å². The summed E-state index contributed by atoms with van der Waals surface area (Å²) in [6, 6.07) is 5.48. The lowest BCUT2D eigenvalue weighted by molar-refractivity contribution is 0.0845. The second kappa shape index (κ2) is 5.51. The fourth-order valence-corrected chi connectivity index (χ4v) is 1.40. The van der Waals surface area contributed by atoms with Gasteiger partial charge < -0.3 is 14.4 Å². The maximum absolute atomic E-state index is 11.7. The standard InChI is InChI=1S/C12H17NO3/c1-13(2)9-5-6-10(11(14)8-15-3)12(7-9)16-4/h5-7H,8H2,1-4H3. The molecule has 0 aromatic heterocycles. The van der Waals surface area contributed by atoms with Gasteiger partial charge in [0.15, 0.2) is 5.78 Å². The molecule has 0 heterocycles. The van der Waals surface area contributed by atoms with Gasteiger partial charge in [0, 0.05) is 33.0 Å². The Balaban J connectivity index is 3.06. The first kappa shape index (κ1) is 12.5. The summed E-state index contributed by atoms with van der Waals surface area (Å²) >= 11 is 0. The number of hydrogen-bond donors (Lipinski definition) is 0. The minimum Gasteiger partial charge on any atom is -0.496 e. The summed E-state index contributed by atoms with van der Waals surface area (Å²) in [7, 11) is 6.92. The Kier molecular flexibility index (Phi) is 4.31. The van der Waals surface area contributed by atoms with Crippen LogP contribution in [0, 0.1) is 0 Å². The Labute approximate surface area is 95.8 Å². The molecule has 4 heteroatoms. The third-order valence-corrected chi connectivity index (χ3v) is 2.28. The summed E-state index contributed by atoms with van der Waals surface area (Å²) in [6.45, 7) is 0.0671. The maximum atomic E-state index is 11.7. The predicted molar refractivity (Wildman–Crippen MR) is 63.5 cm³/mol. The first-order chi connectivity index (χ1) is 7.60. The van der Waals surface area contributed by atoms with Crippen molar-refractivity contribution in [3.63, 3.8) is 0 Å². The van der Waals surface area contributed by atoms with E-state index in [1.807, 2.05) is 31.1 Å². The van der Waals surface area contributed by atoms with Crippen LogP contribution in [0.2, 0.25) is 0 Å². The fourth-order valence-electron chi connectivity index (χ4n) is 1.40. The number of methoxy groups -OCH3 is 2. The van der Waals surface area contributed by atoms with Crippen LogP contribution >= 0.6 is 0 Å². The summed E-state index contributed by atoms with van der Waals surface area (Å²) in [5.74, 6) is 0.498. The van der Waals surface area contributed by atoms with E-state index in [0.29, 0.717) is 11.3 Å². The molecule has 1 aromatic rings. The van der Waals surface area contributed by atoms with Gasteiger partial charge in [-0.1, -0.05) is 0 Å². The van der Waals surface area contributed by atoms with E-state index in [1.54, 1.807) is 13.2 Å². The van der Waals surface area contributed by atoms with Crippen LogP contribution in [0.25, 0.3) is 0 Å². The van der Waals surface area contributed by atoms with Crippen LogP contribution < -0.4 is 9.64 Å². The molecule has 0 bridgehead atoms. The second-order valence-electron chi connectivity index (χ2n) is 3.64. The van der Waals surface area contributed by atoms with E-state index in [2.05, 4.69) is 0 Å². The number of anilines is 1. The van der Waals surface area contributed by atoms with E-state index in [9.17, 15) is 4.79 Å². The van der Waals surface area contributed by atoms with Gasteiger partial charge in [-0.25, -0.2) is 0 Å². The normalized spacial score (nSPS) is 10.0. The number of nitrogens with zero attached hydrogens (tertiary/aromatic N) is 1. The van der Waals surface area contributed by atoms with Crippen LogP contribution in [-0.4, -0.2) is 40.7 Å². The van der Waals surface area contributed by atoms with E-state index >= 15 is 0 Å². The Bertz CT molecular complexity index is 375. The van der Waals surface area contributed by atoms with Gasteiger partial charge in [-0.3, -0.25) is 4.79 Å². The Morgan fingerprint density at radius 3 is 2.50 bits per heavy atom. The van der Waals surface area contributed by atoms with E-state index < -0.39 is 0 Å². The number of benzene rings is 1. The van der Waals surface area contributed by atoms with E-state index in [4.69, 9.17) is 9.47 Å². The Morgan fingerprint density at radius 1 is 1.31 bits per heavy atom. The number of ketones is 1. The molecule has 0 saturated heterocycles. The highest BCUT2D eigenvalue weighted by molar-refractivity contribution is 6.00. The van der Waals surface area contributed by atoms with Crippen molar-refractivity contribution in [2.75, 3.05) is 39.8 Å². The number of hydrogen-bond acceptors (Lipinski definition) is 4. The summed E-state index contributed by atoms with van der Waals surface area (Å²) in [5.41, 5.74) is 1.54. The monoisotopic (exact) mass is 223 g/mol. The SMILES string of the molecule is COCC(=O)c1ccc(N(C)C)cc1OC. The van der Waals surface area contributed by atoms with Crippen LogP contribution in [0.4, 0.5) is 5.69 Å². The molecule has 0 aliphatic rings. The molecule has 0 unspecified atom stereocenters. The summed E-state index contributed by atoms with van der Waals surface area (Å²) in [4.78, 5) is 13.6. The third kappa shape index (κ3) is 2.73. The lowest BCUT2D eigenvalue weighted by atomic mass is 10.1. The third-order valence-electron chi connectivity index (χ3n) is 2.28. The molecule has 0 spiro atoms. The van der Waals surface area contributed by atoms with Crippen LogP contribution in [-0.2, 0) is 4.74 Å². The molecule has 4 nitrogen and oxygen atoms in total. The zero-order chi connectivity index (χ0) is 12.1. The topological polar surface area (TPSA) is 38.8 Å². The molecule has 0 saturated carbocycles. The van der Waals surface area contributed by atoms with Crippen molar-refractivity contribution in [2.45, 2.75) is 0 Å². The van der Waals surface area contributed by atoms with Crippen molar-refractivity contribution in [2.24, 2.45) is 0 Å². The second-order valence-corrected chi connectivity index (χ2v) is 3.64. The average molecular weight is 223 g/mol. The molecular formula is C12H17NO3. The van der Waals surface area contributed by atoms with Crippen molar-refractivity contribution in [3.8, 4) is 5.75 Å². The predicted octanol–water partition coefficient (Wildman–Crippen LogP) is 1.59. The molecule has 1 aromatic carbocycles. The number of ether oxygens (including phenoxy) is 2. The highest BCUT2D eigenvalue weighted by Crippen LogP contribution is 2.25. The molecule has 88 valence electrons. The van der Waals surface area contributed by atoms with Crippen LogP contribution in [0.1, 0.15) is 10.4 Å². The molecule has 0 amide bonds. The van der Waals surface area contributed by atoms with Gasteiger partial charge in [-0.2, -0.15) is 0 Å². The summed E-state index contributed by atoms with van der Waals surface area (Å²) in [5, 5.41) is 0.